The Hall–Kier alpha value is -5.00. The standard InChI is InChI=1S/C30H51FN12O5/c1-16(2)14-22(43-28(48)23(42-25(45)17(3)32)15-18-8-10-19(31)11-9-18)27(47)41-21(7-5-13-39-30(36)37)26(46)40-20(24(33)44)6-4-12-38-29(34)35/h8-11,16-17,20-23H,4-7,12-15,32H2,1-3H3,(H2,33,44)(H,40,46)(H,41,47)(H,42,45)(H,43,48)(H4,34,35,38)(H4,36,37,39)/t17-,20-,21-,22-,23-/m0/s1. The Kier molecular flexibility index (Phi) is 17.9. The number of carbonyl (C=O) groups is 5. The van der Waals surface area contributed by atoms with Crippen molar-refractivity contribution in [1.82, 2.24) is 21.3 Å². The van der Waals surface area contributed by atoms with Crippen molar-refractivity contribution in [3.8, 4) is 0 Å². The van der Waals surface area contributed by atoms with Crippen LogP contribution in [0, 0.1) is 11.7 Å². The number of benzene rings is 1. The van der Waals surface area contributed by atoms with Crippen LogP contribution in [0.15, 0.2) is 34.3 Å². The summed E-state index contributed by atoms with van der Waals surface area (Å²) in [6, 6.07) is -0.116. The van der Waals surface area contributed by atoms with Crippen molar-refractivity contribution in [1.29, 1.82) is 0 Å². The first-order chi connectivity index (χ1) is 22.5. The molecule has 0 spiro atoms. The molecule has 0 bridgehead atoms. The smallest absolute Gasteiger partial charge is 0.243 e. The first kappa shape index (κ1) is 41.0. The minimum Gasteiger partial charge on any atom is -0.370 e. The van der Waals surface area contributed by atoms with Gasteiger partial charge >= 0.3 is 0 Å². The second kappa shape index (κ2) is 21.0. The fourth-order valence-corrected chi connectivity index (χ4v) is 4.45. The number of halogens is 1. The molecular formula is C30H51FN12O5. The lowest BCUT2D eigenvalue weighted by molar-refractivity contribution is -0.134. The van der Waals surface area contributed by atoms with Crippen LogP contribution in [0.1, 0.15) is 58.4 Å². The molecule has 0 unspecified atom stereocenters. The zero-order chi connectivity index (χ0) is 36.4. The molecule has 1 aromatic rings. The van der Waals surface area contributed by atoms with Crippen LogP contribution in [-0.2, 0) is 30.4 Å². The molecule has 1 rings (SSSR count). The van der Waals surface area contributed by atoms with Gasteiger partial charge in [0.1, 0.15) is 30.0 Å². The molecule has 48 heavy (non-hydrogen) atoms. The zero-order valence-electron chi connectivity index (χ0n) is 27.7. The Balaban J connectivity index is 3.23. The fraction of sp³-hybridized carbons (Fsp3) is 0.567. The van der Waals surface area contributed by atoms with E-state index in [0.717, 1.165) is 0 Å². The highest BCUT2D eigenvalue weighted by Crippen LogP contribution is 2.11. The number of carbonyl (C=O) groups excluding carboxylic acids is 5. The van der Waals surface area contributed by atoms with Crippen LogP contribution >= 0.6 is 0 Å². The molecule has 0 fully saturated rings. The van der Waals surface area contributed by atoms with Crippen molar-refractivity contribution in [2.45, 2.75) is 89.5 Å². The Bertz CT molecular complexity index is 1280. The highest BCUT2D eigenvalue weighted by atomic mass is 19.1. The number of nitrogens with one attached hydrogen (secondary N) is 4. The largest absolute Gasteiger partial charge is 0.370 e. The Morgan fingerprint density at radius 1 is 0.667 bits per heavy atom. The maximum Gasteiger partial charge on any atom is 0.243 e. The van der Waals surface area contributed by atoms with Crippen LogP contribution in [0.3, 0.4) is 0 Å². The van der Waals surface area contributed by atoms with Gasteiger partial charge in [0.15, 0.2) is 11.9 Å². The predicted molar refractivity (Wildman–Crippen MR) is 180 cm³/mol. The Morgan fingerprint density at radius 2 is 1.10 bits per heavy atom. The van der Waals surface area contributed by atoms with Crippen LogP contribution in [0.4, 0.5) is 4.39 Å². The lowest BCUT2D eigenvalue weighted by Gasteiger charge is -2.27. The van der Waals surface area contributed by atoms with Crippen LogP contribution in [0.5, 0.6) is 0 Å². The minimum absolute atomic E-state index is 0.0197. The molecule has 5 atom stereocenters. The molecule has 18 heteroatoms. The lowest BCUT2D eigenvalue weighted by atomic mass is 10.00. The third-order valence-corrected chi connectivity index (χ3v) is 6.92. The molecule has 0 heterocycles. The molecule has 0 aliphatic heterocycles. The lowest BCUT2D eigenvalue weighted by Crippen LogP contribution is -2.59. The summed E-state index contributed by atoms with van der Waals surface area (Å²) >= 11 is 0. The van der Waals surface area contributed by atoms with E-state index in [0.29, 0.717) is 12.0 Å². The number of hydrogen-bond donors (Lipinski definition) is 10. The van der Waals surface area contributed by atoms with Gasteiger partial charge in [-0.3, -0.25) is 34.0 Å². The summed E-state index contributed by atoms with van der Waals surface area (Å²) in [5, 5.41) is 10.5. The van der Waals surface area contributed by atoms with Crippen LogP contribution in [0.25, 0.3) is 0 Å². The number of hydrogen-bond acceptors (Lipinski definition) is 8. The second-order valence-corrected chi connectivity index (χ2v) is 11.8. The summed E-state index contributed by atoms with van der Waals surface area (Å²) in [4.78, 5) is 72.9. The Labute approximate surface area is 279 Å². The topological polar surface area (TPSA) is 314 Å². The van der Waals surface area contributed by atoms with Crippen molar-refractivity contribution in [3.63, 3.8) is 0 Å². The van der Waals surface area contributed by atoms with Gasteiger partial charge in [-0.1, -0.05) is 26.0 Å². The number of nitrogens with two attached hydrogens (primary N) is 6. The maximum atomic E-state index is 13.7. The van der Waals surface area contributed by atoms with Gasteiger partial charge in [-0.25, -0.2) is 4.39 Å². The average Bonchev–Trinajstić information content (AvgIpc) is 2.99. The molecule has 0 aliphatic rings. The van der Waals surface area contributed by atoms with Gasteiger partial charge in [0, 0.05) is 19.5 Å². The summed E-state index contributed by atoms with van der Waals surface area (Å²) in [5.74, 6) is -4.34. The van der Waals surface area contributed by atoms with E-state index in [1.54, 1.807) is 0 Å². The van der Waals surface area contributed by atoms with Gasteiger partial charge in [0.25, 0.3) is 0 Å². The molecule has 0 saturated heterocycles. The van der Waals surface area contributed by atoms with Gasteiger partial charge in [0.2, 0.25) is 29.5 Å². The molecule has 0 saturated carbocycles. The average molecular weight is 679 g/mol. The summed E-state index contributed by atoms with van der Waals surface area (Å²) in [6.45, 7) is 5.46. The van der Waals surface area contributed by atoms with E-state index in [4.69, 9.17) is 34.4 Å². The Morgan fingerprint density at radius 3 is 1.58 bits per heavy atom. The van der Waals surface area contributed by atoms with Crippen molar-refractivity contribution in [3.05, 3.63) is 35.6 Å². The van der Waals surface area contributed by atoms with E-state index in [-0.39, 0.29) is 63.0 Å². The zero-order valence-corrected chi connectivity index (χ0v) is 27.7. The number of aliphatic imine (C=N–C) groups is 2. The molecule has 1 aromatic carbocycles. The van der Waals surface area contributed by atoms with Gasteiger partial charge < -0.3 is 55.7 Å². The molecule has 16 N–H and O–H groups in total. The van der Waals surface area contributed by atoms with E-state index in [2.05, 4.69) is 31.3 Å². The van der Waals surface area contributed by atoms with E-state index in [1.165, 1.54) is 31.2 Å². The number of amides is 5. The first-order valence-electron chi connectivity index (χ1n) is 15.6. The second-order valence-electron chi connectivity index (χ2n) is 11.8. The van der Waals surface area contributed by atoms with Gasteiger partial charge in [0.05, 0.1) is 6.04 Å². The van der Waals surface area contributed by atoms with Crippen molar-refractivity contribution >= 4 is 41.5 Å². The van der Waals surface area contributed by atoms with E-state index in [9.17, 15) is 28.4 Å². The summed E-state index contributed by atoms with van der Waals surface area (Å²) < 4.78 is 13.5. The molecule has 0 radical (unpaired) electrons. The monoisotopic (exact) mass is 678 g/mol. The highest BCUT2D eigenvalue weighted by molar-refractivity contribution is 5.95. The third kappa shape index (κ3) is 16.5. The van der Waals surface area contributed by atoms with Crippen molar-refractivity contribution in [2.75, 3.05) is 13.1 Å². The highest BCUT2D eigenvalue weighted by Gasteiger charge is 2.31. The van der Waals surface area contributed by atoms with Crippen LogP contribution in [-0.4, -0.2) is 84.8 Å². The minimum atomic E-state index is -1.18. The third-order valence-electron chi connectivity index (χ3n) is 6.92. The predicted octanol–water partition coefficient (Wildman–Crippen LogP) is -2.71. The molecule has 0 aromatic heterocycles. The van der Waals surface area contributed by atoms with E-state index in [1.807, 2.05) is 13.8 Å². The molecule has 268 valence electrons. The normalized spacial score (nSPS) is 14.0. The van der Waals surface area contributed by atoms with Crippen LogP contribution in [0.2, 0.25) is 0 Å². The maximum absolute atomic E-state index is 13.7. The number of nitrogens with zero attached hydrogens (tertiary/aromatic N) is 2. The quantitative estimate of drug-likeness (QED) is 0.0364. The molecular weight excluding hydrogens is 627 g/mol. The first-order valence-corrected chi connectivity index (χ1v) is 15.6. The van der Waals surface area contributed by atoms with Crippen LogP contribution < -0.4 is 55.7 Å². The van der Waals surface area contributed by atoms with Crippen molar-refractivity contribution < 1.29 is 28.4 Å². The van der Waals surface area contributed by atoms with Gasteiger partial charge in [-0.15, -0.1) is 0 Å². The summed E-state index contributed by atoms with van der Waals surface area (Å²) in [6.07, 6.45) is 0.933. The molecule has 0 aliphatic carbocycles. The van der Waals surface area contributed by atoms with E-state index >= 15 is 0 Å². The fourth-order valence-electron chi connectivity index (χ4n) is 4.45. The summed E-state index contributed by atoms with van der Waals surface area (Å²) in [7, 11) is 0. The van der Waals surface area contributed by atoms with Crippen molar-refractivity contribution in [2.24, 2.45) is 50.3 Å². The van der Waals surface area contributed by atoms with Gasteiger partial charge in [-0.2, -0.15) is 0 Å². The molecule has 17 nitrogen and oxygen atoms in total. The number of rotatable bonds is 21. The SMILES string of the molecule is CC(C)C[C@H](NC(=O)[C@H](Cc1ccc(F)cc1)NC(=O)[C@H](C)N)C(=O)N[C@@H](CCCN=C(N)N)C(=O)N[C@@H](CCCN=C(N)N)C(N)=O. The summed E-state index contributed by atoms with van der Waals surface area (Å²) in [5.41, 5.74) is 33.2. The van der Waals surface area contributed by atoms with E-state index < -0.39 is 65.6 Å². The number of guanidine groups is 2. The van der Waals surface area contributed by atoms with Gasteiger partial charge in [-0.05, 0) is 62.6 Å². The molecule has 5 amide bonds. The number of primary amides is 1.